The van der Waals surface area contributed by atoms with E-state index in [1.807, 2.05) is 37.9 Å². The van der Waals surface area contributed by atoms with Gasteiger partial charge in [-0.05, 0) is 26.8 Å². The highest BCUT2D eigenvalue weighted by molar-refractivity contribution is 5.77. The van der Waals surface area contributed by atoms with Gasteiger partial charge in [-0.2, -0.15) is 0 Å². The van der Waals surface area contributed by atoms with Crippen LogP contribution in [0.4, 0.5) is 4.79 Å². The van der Waals surface area contributed by atoms with Crippen molar-refractivity contribution < 1.29 is 9.53 Å². The van der Waals surface area contributed by atoms with Gasteiger partial charge < -0.3 is 14.5 Å². The molecule has 0 aliphatic carbocycles. The molecule has 104 valence electrons. The molecule has 1 heterocycles. The van der Waals surface area contributed by atoms with Crippen LogP contribution in [-0.2, 0) is 0 Å². The van der Waals surface area contributed by atoms with Gasteiger partial charge in [-0.1, -0.05) is 17.7 Å². The number of ether oxygens (including phenoxy) is 1. The number of urea groups is 1. The molecule has 1 aromatic carbocycles. The standard InChI is InChI=1S/C15H22N2O2/c1-10(2)17-9-13(16(4)15(17)18)12-8-11(3)6-7-14(12)19-5/h6-8,10,13H,9H2,1-5H3. The molecule has 0 N–H and O–H groups in total. The van der Waals surface area contributed by atoms with Gasteiger partial charge in [0.25, 0.3) is 0 Å². The van der Waals surface area contributed by atoms with Crippen LogP contribution in [-0.4, -0.2) is 42.6 Å². The molecule has 1 aliphatic heterocycles. The van der Waals surface area contributed by atoms with E-state index in [2.05, 4.69) is 13.0 Å². The van der Waals surface area contributed by atoms with Crippen LogP contribution in [0.3, 0.4) is 0 Å². The molecule has 1 atom stereocenters. The fourth-order valence-electron chi connectivity index (χ4n) is 2.58. The van der Waals surface area contributed by atoms with Gasteiger partial charge in [0.15, 0.2) is 0 Å². The second kappa shape index (κ2) is 5.11. The summed E-state index contributed by atoms with van der Waals surface area (Å²) in [5.41, 5.74) is 2.26. The first kappa shape index (κ1) is 13.7. The maximum Gasteiger partial charge on any atom is 0.320 e. The van der Waals surface area contributed by atoms with Crippen LogP contribution in [0.2, 0.25) is 0 Å². The Morgan fingerprint density at radius 2 is 2.05 bits per heavy atom. The van der Waals surface area contributed by atoms with Crippen LogP contribution < -0.4 is 4.74 Å². The predicted molar refractivity (Wildman–Crippen MR) is 75.5 cm³/mol. The van der Waals surface area contributed by atoms with E-state index in [4.69, 9.17) is 4.74 Å². The lowest BCUT2D eigenvalue weighted by Gasteiger charge is -2.20. The monoisotopic (exact) mass is 262 g/mol. The highest BCUT2D eigenvalue weighted by Gasteiger charge is 2.37. The van der Waals surface area contributed by atoms with Gasteiger partial charge in [0.2, 0.25) is 0 Å². The van der Waals surface area contributed by atoms with E-state index in [-0.39, 0.29) is 18.1 Å². The van der Waals surface area contributed by atoms with E-state index < -0.39 is 0 Å². The molecule has 0 spiro atoms. The summed E-state index contributed by atoms with van der Waals surface area (Å²) < 4.78 is 5.44. The van der Waals surface area contributed by atoms with Crippen LogP contribution in [0.1, 0.15) is 31.0 Å². The van der Waals surface area contributed by atoms with Gasteiger partial charge in [0.1, 0.15) is 5.75 Å². The van der Waals surface area contributed by atoms with Gasteiger partial charge in [0, 0.05) is 25.2 Å². The summed E-state index contributed by atoms with van der Waals surface area (Å²) in [5.74, 6) is 0.848. The number of hydrogen-bond donors (Lipinski definition) is 0. The van der Waals surface area contributed by atoms with Gasteiger partial charge in [-0.15, -0.1) is 0 Å². The van der Waals surface area contributed by atoms with Gasteiger partial charge >= 0.3 is 6.03 Å². The fourth-order valence-corrected chi connectivity index (χ4v) is 2.58. The third-order valence-electron chi connectivity index (χ3n) is 3.75. The molecule has 1 aromatic rings. The molecule has 1 aliphatic rings. The quantitative estimate of drug-likeness (QED) is 0.839. The first-order valence-corrected chi connectivity index (χ1v) is 6.63. The number of carbonyl (C=O) groups excluding carboxylic acids is 1. The minimum absolute atomic E-state index is 0.0600. The molecular formula is C15H22N2O2. The fraction of sp³-hybridized carbons (Fsp3) is 0.533. The van der Waals surface area contributed by atoms with E-state index >= 15 is 0 Å². The number of hydrogen-bond acceptors (Lipinski definition) is 2. The second-order valence-corrected chi connectivity index (χ2v) is 5.40. The molecule has 1 fully saturated rings. The molecule has 19 heavy (non-hydrogen) atoms. The molecule has 4 nitrogen and oxygen atoms in total. The largest absolute Gasteiger partial charge is 0.496 e. The Hall–Kier alpha value is -1.71. The molecule has 0 aromatic heterocycles. The van der Waals surface area contributed by atoms with E-state index in [9.17, 15) is 4.79 Å². The van der Waals surface area contributed by atoms with Crippen molar-refractivity contribution >= 4 is 6.03 Å². The lowest BCUT2D eigenvalue weighted by atomic mass is 10.0. The van der Waals surface area contributed by atoms with Gasteiger partial charge in [0.05, 0.1) is 13.2 Å². The normalized spacial score (nSPS) is 19.5. The molecule has 0 radical (unpaired) electrons. The predicted octanol–water partition coefficient (Wildman–Crippen LogP) is 2.82. The number of methoxy groups -OCH3 is 1. The summed E-state index contributed by atoms with van der Waals surface area (Å²) in [4.78, 5) is 15.9. The molecule has 2 amide bonds. The Balaban J connectivity index is 2.37. The summed E-state index contributed by atoms with van der Waals surface area (Å²) in [6, 6.07) is 6.47. The highest BCUT2D eigenvalue weighted by Crippen LogP contribution is 2.35. The zero-order valence-corrected chi connectivity index (χ0v) is 12.3. The number of likely N-dealkylation sites (N-methyl/N-ethyl adjacent to an activating group) is 1. The number of rotatable bonds is 3. The SMILES string of the molecule is COc1ccc(C)cc1C1CN(C(C)C)C(=O)N1C. The summed E-state index contributed by atoms with van der Waals surface area (Å²) in [7, 11) is 3.53. The van der Waals surface area contributed by atoms with E-state index in [1.165, 1.54) is 5.56 Å². The topological polar surface area (TPSA) is 32.8 Å². The van der Waals surface area contributed by atoms with Crippen LogP contribution in [0, 0.1) is 6.92 Å². The van der Waals surface area contributed by atoms with E-state index in [0.717, 1.165) is 11.3 Å². The molecule has 1 saturated heterocycles. The Labute approximate surface area is 115 Å². The molecule has 0 saturated carbocycles. The maximum absolute atomic E-state index is 12.2. The number of benzene rings is 1. The Morgan fingerprint density at radius 3 is 2.58 bits per heavy atom. The summed E-state index contributed by atoms with van der Waals surface area (Å²) in [6.45, 7) is 6.86. The van der Waals surface area contributed by atoms with Crippen molar-refractivity contribution in [1.29, 1.82) is 0 Å². The maximum atomic E-state index is 12.2. The minimum Gasteiger partial charge on any atom is -0.496 e. The number of amides is 2. The molecule has 0 bridgehead atoms. The van der Waals surface area contributed by atoms with Crippen molar-refractivity contribution in [2.45, 2.75) is 32.9 Å². The summed E-state index contributed by atoms with van der Waals surface area (Å²) in [5, 5.41) is 0. The van der Waals surface area contributed by atoms with Crippen LogP contribution >= 0.6 is 0 Å². The lowest BCUT2D eigenvalue weighted by molar-refractivity contribution is 0.187. The smallest absolute Gasteiger partial charge is 0.320 e. The molecule has 4 heteroatoms. The molecule has 2 rings (SSSR count). The van der Waals surface area contributed by atoms with E-state index in [0.29, 0.717) is 6.54 Å². The lowest BCUT2D eigenvalue weighted by Crippen LogP contribution is -2.34. The third-order valence-corrected chi connectivity index (χ3v) is 3.75. The first-order chi connectivity index (χ1) is 8.95. The van der Waals surface area contributed by atoms with Crippen molar-refractivity contribution in [3.63, 3.8) is 0 Å². The average molecular weight is 262 g/mol. The van der Waals surface area contributed by atoms with Crippen molar-refractivity contribution in [3.05, 3.63) is 29.3 Å². The summed E-state index contributed by atoms with van der Waals surface area (Å²) in [6.07, 6.45) is 0. The number of carbonyl (C=O) groups is 1. The Kier molecular flexibility index (Phi) is 3.69. The van der Waals surface area contributed by atoms with Crippen molar-refractivity contribution in [2.75, 3.05) is 20.7 Å². The van der Waals surface area contributed by atoms with Crippen molar-refractivity contribution in [1.82, 2.24) is 9.80 Å². The van der Waals surface area contributed by atoms with Gasteiger partial charge in [-0.25, -0.2) is 4.79 Å². The van der Waals surface area contributed by atoms with Crippen LogP contribution in [0.15, 0.2) is 18.2 Å². The Bertz CT molecular complexity index is 485. The Morgan fingerprint density at radius 1 is 1.37 bits per heavy atom. The third kappa shape index (κ3) is 2.39. The van der Waals surface area contributed by atoms with Crippen molar-refractivity contribution in [3.8, 4) is 5.75 Å². The van der Waals surface area contributed by atoms with Gasteiger partial charge in [-0.3, -0.25) is 0 Å². The van der Waals surface area contributed by atoms with E-state index in [1.54, 1.807) is 12.0 Å². The number of aryl methyl sites for hydroxylation is 1. The average Bonchev–Trinajstić information content (AvgIpc) is 2.66. The van der Waals surface area contributed by atoms with Crippen LogP contribution in [0.5, 0.6) is 5.75 Å². The number of nitrogens with zero attached hydrogens (tertiary/aromatic N) is 2. The molecule has 1 unspecified atom stereocenters. The molecular weight excluding hydrogens is 240 g/mol. The minimum atomic E-state index is 0.0600. The zero-order chi connectivity index (χ0) is 14.2. The second-order valence-electron chi connectivity index (χ2n) is 5.40. The first-order valence-electron chi connectivity index (χ1n) is 6.63. The zero-order valence-electron chi connectivity index (χ0n) is 12.3. The summed E-state index contributed by atoms with van der Waals surface area (Å²) >= 11 is 0. The highest BCUT2D eigenvalue weighted by atomic mass is 16.5. The van der Waals surface area contributed by atoms with Crippen LogP contribution in [0.25, 0.3) is 0 Å². The van der Waals surface area contributed by atoms with Crippen molar-refractivity contribution in [2.24, 2.45) is 0 Å².